The molecule has 2 heterocycles. The number of aliphatic imine (C=N–C) groups is 1. The van der Waals surface area contributed by atoms with E-state index in [9.17, 15) is 9.59 Å². The van der Waals surface area contributed by atoms with E-state index in [2.05, 4.69) is 4.99 Å². The molecule has 1 fully saturated rings. The fourth-order valence-corrected chi connectivity index (χ4v) is 4.36. The number of benzene rings is 2. The molecule has 1 amide bonds. The molecule has 3 aromatic rings. The van der Waals surface area contributed by atoms with Gasteiger partial charge >= 0.3 is 5.97 Å². The summed E-state index contributed by atoms with van der Waals surface area (Å²) < 4.78 is 11.0. The molecule has 0 radical (unpaired) electrons. The van der Waals surface area contributed by atoms with Crippen LogP contribution in [0.3, 0.4) is 0 Å². The largest absolute Gasteiger partial charge is 0.462 e. The minimum atomic E-state index is -0.373. The molecule has 7 heteroatoms. The molecule has 6 nitrogen and oxygen atoms in total. The summed E-state index contributed by atoms with van der Waals surface area (Å²) in [5.74, 6) is 0.702. The van der Waals surface area contributed by atoms with Gasteiger partial charge in [-0.05, 0) is 61.5 Å². The van der Waals surface area contributed by atoms with Gasteiger partial charge in [-0.15, -0.1) is 0 Å². The molecule has 1 aliphatic heterocycles. The molecule has 33 heavy (non-hydrogen) atoms. The maximum absolute atomic E-state index is 13.0. The van der Waals surface area contributed by atoms with Crippen LogP contribution in [-0.4, -0.2) is 35.1 Å². The van der Waals surface area contributed by atoms with Crippen molar-refractivity contribution in [2.24, 2.45) is 4.99 Å². The third-order valence-electron chi connectivity index (χ3n) is 4.87. The van der Waals surface area contributed by atoms with Crippen LogP contribution in [0, 0.1) is 0 Å². The Morgan fingerprint density at radius 3 is 2.67 bits per heavy atom. The Kier molecular flexibility index (Phi) is 7.10. The van der Waals surface area contributed by atoms with Crippen LogP contribution in [0.2, 0.25) is 0 Å². The number of carbonyl (C=O) groups excluding carboxylic acids is 2. The highest BCUT2D eigenvalue weighted by Gasteiger charge is 2.33. The molecule has 1 saturated heterocycles. The van der Waals surface area contributed by atoms with Crippen LogP contribution in [0.15, 0.2) is 81.0 Å². The molecule has 0 atom stereocenters. The number of hydrogen-bond acceptors (Lipinski definition) is 6. The molecule has 0 bridgehead atoms. The Morgan fingerprint density at radius 1 is 1.09 bits per heavy atom. The van der Waals surface area contributed by atoms with Gasteiger partial charge in [0.1, 0.15) is 11.5 Å². The number of rotatable bonds is 7. The van der Waals surface area contributed by atoms with Gasteiger partial charge in [-0.3, -0.25) is 9.69 Å². The second kappa shape index (κ2) is 10.4. The van der Waals surface area contributed by atoms with Gasteiger partial charge in [0.25, 0.3) is 5.91 Å². The third-order valence-corrected chi connectivity index (χ3v) is 5.88. The zero-order valence-electron chi connectivity index (χ0n) is 18.5. The number of para-hydroxylation sites is 1. The molecule has 0 spiro atoms. The highest BCUT2D eigenvalue weighted by Crippen LogP contribution is 2.35. The Morgan fingerprint density at radius 2 is 1.91 bits per heavy atom. The summed E-state index contributed by atoms with van der Waals surface area (Å²) in [7, 11) is 0. The van der Waals surface area contributed by atoms with Crippen molar-refractivity contribution in [2.75, 3.05) is 13.2 Å². The number of ether oxygens (including phenoxy) is 1. The highest BCUT2D eigenvalue weighted by molar-refractivity contribution is 8.18. The van der Waals surface area contributed by atoms with E-state index in [1.165, 1.54) is 11.8 Å². The van der Waals surface area contributed by atoms with Crippen LogP contribution < -0.4 is 0 Å². The van der Waals surface area contributed by atoms with Crippen LogP contribution in [0.25, 0.3) is 17.4 Å². The molecular formula is C26H24N2O4S. The molecule has 4 rings (SSSR count). The summed E-state index contributed by atoms with van der Waals surface area (Å²) in [6, 6.07) is 20.3. The molecule has 2 aromatic carbocycles. The van der Waals surface area contributed by atoms with Gasteiger partial charge < -0.3 is 9.15 Å². The first-order chi connectivity index (χ1) is 16.1. The van der Waals surface area contributed by atoms with Crippen molar-refractivity contribution in [1.29, 1.82) is 0 Å². The molecule has 0 unspecified atom stereocenters. The lowest BCUT2D eigenvalue weighted by molar-refractivity contribution is -0.122. The molecule has 0 saturated carbocycles. The van der Waals surface area contributed by atoms with E-state index in [0.717, 1.165) is 17.7 Å². The Balaban J connectivity index is 1.59. The molecule has 1 aromatic heterocycles. The van der Waals surface area contributed by atoms with Crippen molar-refractivity contribution < 1.29 is 18.7 Å². The van der Waals surface area contributed by atoms with E-state index in [1.807, 2.05) is 55.5 Å². The zero-order valence-corrected chi connectivity index (χ0v) is 19.3. The summed E-state index contributed by atoms with van der Waals surface area (Å²) >= 11 is 1.34. The SMILES string of the molecule is CCCN1C(=O)/C(=C\c2ccc(-c3cccc(C(=O)OCC)c3)o2)SC1=Nc1ccccc1. The summed E-state index contributed by atoms with van der Waals surface area (Å²) in [5.41, 5.74) is 2.02. The van der Waals surface area contributed by atoms with Gasteiger partial charge in [0.15, 0.2) is 5.17 Å². The van der Waals surface area contributed by atoms with E-state index < -0.39 is 0 Å². The van der Waals surface area contributed by atoms with E-state index in [1.54, 1.807) is 36.1 Å². The van der Waals surface area contributed by atoms with Crippen molar-refractivity contribution in [3.8, 4) is 11.3 Å². The van der Waals surface area contributed by atoms with Crippen molar-refractivity contribution in [3.05, 3.63) is 83.0 Å². The van der Waals surface area contributed by atoms with Crippen LogP contribution in [0.5, 0.6) is 0 Å². The number of thioether (sulfide) groups is 1. The predicted molar refractivity (Wildman–Crippen MR) is 131 cm³/mol. The lowest BCUT2D eigenvalue weighted by Gasteiger charge is -2.13. The average Bonchev–Trinajstić information content (AvgIpc) is 3.41. The first-order valence-electron chi connectivity index (χ1n) is 10.8. The van der Waals surface area contributed by atoms with Gasteiger partial charge in [0.2, 0.25) is 0 Å². The second-order valence-electron chi connectivity index (χ2n) is 7.30. The minimum Gasteiger partial charge on any atom is -0.462 e. The first kappa shape index (κ1) is 22.6. The fraction of sp³-hybridized carbons (Fsp3) is 0.192. The molecular weight excluding hydrogens is 436 g/mol. The smallest absolute Gasteiger partial charge is 0.338 e. The van der Waals surface area contributed by atoms with E-state index in [-0.39, 0.29) is 11.9 Å². The summed E-state index contributed by atoms with van der Waals surface area (Å²) in [6.07, 6.45) is 2.57. The fourth-order valence-electron chi connectivity index (χ4n) is 3.35. The van der Waals surface area contributed by atoms with Gasteiger partial charge in [-0.1, -0.05) is 37.3 Å². The number of carbonyl (C=O) groups is 2. The number of nitrogens with zero attached hydrogens (tertiary/aromatic N) is 2. The number of esters is 1. The maximum Gasteiger partial charge on any atom is 0.338 e. The Labute approximate surface area is 197 Å². The van der Waals surface area contributed by atoms with Crippen molar-refractivity contribution in [2.45, 2.75) is 20.3 Å². The van der Waals surface area contributed by atoms with E-state index in [4.69, 9.17) is 9.15 Å². The standard InChI is InChI=1S/C26H24N2O4S/c1-3-15-28-24(29)23(33-26(28)27-20-11-6-5-7-12-20)17-21-13-14-22(32-21)18-9-8-10-19(16-18)25(30)31-4-2/h5-14,16-17H,3-4,15H2,1-2H3/b23-17+,27-26?. The third kappa shape index (κ3) is 5.26. The topological polar surface area (TPSA) is 72.1 Å². The normalized spacial score (nSPS) is 16.1. The number of amides is 1. The molecule has 0 N–H and O–H groups in total. The van der Waals surface area contributed by atoms with Crippen molar-refractivity contribution >= 4 is 40.6 Å². The van der Waals surface area contributed by atoms with Crippen LogP contribution in [0.1, 0.15) is 36.4 Å². The second-order valence-corrected chi connectivity index (χ2v) is 8.31. The van der Waals surface area contributed by atoms with Gasteiger partial charge in [-0.2, -0.15) is 0 Å². The Hall–Kier alpha value is -3.58. The van der Waals surface area contributed by atoms with Gasteiger partial charge in [0, 0.05) is 18.2 Å². The van der Waals surface area contributed by atoms with Crippen LogP contribution in [0.4, 0.5) is 5.69 Å². The molecule has 1 aliphatic rings. The average molecular weight is 461 g/mol. The maximum atomic E-state index is 13.0. The predicted octanol–water partition coefficient (Wildman–Crippen LogP) is 6.14. The number of amidine groups is 1. The van der Waals surface area contributed by atoms with Crippen molar-refractivity contribution in [3.63, 3.8) is 0 Å². The number of furan rings is 1. The van der Waals surface area contributed by atoms with E-state index >= 15 is 0 Å². The molecule has 168 valence electrons. The number of hydrogen-bond donors (Lipinski definition) is 0. The first-order valence-corrected chi connectivity index (χ1v) is 11.6. The molecule has 0 aliphatic carbocycles. The van der Waals surface area contributed by atoms with Crippen LogP contribution >= 0.6 is 11.8 Å². The quantitative estimate of drug-likeness (QED) is 0.313. The lowest BCUT2D eigenvalue weighted by Crippen LogP contribution is -2.29. The monoisotopic (exact) mass is 460 g/mol. The zero-order chi connectivity index (χ0) is 23.2. The minimum absolute atomic E-state index is 0.0845. The summed E-state index contributed by atoms with van der Waals surface area (Å²) in [6.45, 7) is 4.72. The van der Waals surface area contributed by atoms with Gasteiger partial charge in [0.05, 0.1) is 22.8 Å². The summed E-state index contributed by atoms with van der Waals surface area (Å²) in [5, 5.41) is 0.660. The Bertz CT molecular complexity index is 1210. The van der Waals surface area contributed by atoms with Crippen LogP contribution in [-0.2, 0) is 9.53 Å². The summed E-state index contributed by atoms with van der Waals surface area (Å²) in [4.78, 5) is 32.0. The van der Waals surface area contributed by atoms with Crippen molar-refractivity contribution in [1.82, 2.24) is 4.90 Å². The van der Waals surface area contributed by atoms with Gasteiger partial charge in [-0.25, -0.2) is 9.79 Å². The van der Waals surface area contributed by atoms with E-state index in [0.29, 0.717) is 40.3 Å². The highest BCUT2D eigenvalue weighted by atomic mass is 32.2. The lowest BCUT2D eigenvalue weighted by atomic mass is 10.1.